The Morgan fingerprint density at radius 1 is 0.833 bits per heavy atom. The van der Waals surface area contributed by atoms with E-state index in [4.69, 9.17) is 5.53 Å². The first-order valence-electron chi connectivity index (χ1n) is 4.13. The fourth-order valence-corrected chi connectivity index (χ4v) is 1.41. The van der Waals surface area contributed by atoms with Gasteiger partial charge in [0, 0.05) is 12.8 Å². The minimum Gasteiger partial charge on any atom is -0.362 e. The van der Waals surface area contributed by atoms with E-state index >= 15 is 0 Å². The van der Waals surface area contributed by atoms with Gasteiger partial charge in [0.05, 0.1) is 0 Å². The van der Waals surface area contributed by atoms with E-state index in [0.717, 1.165) is 18.6 Å². The predicted octanol–water partition coefficient (Wildman–Crippen LogP) is 3.56. The van der Waals surface area contributed by atoms with Crippen LogP contribution in [0.3, 0.4) is 0 Å². The van der Waals surface area contributed by atoms with E-state index in [-0.39, 0.29) is 34.0 Å². The third kappa shape index (κ3) is 5.92. The van der Waals surface area contributed by atoms with Gasteiger partial charge in [0.25, 0.3) is 5.71 Å². The molecule has 1 aliphatic carbocycles. The smallest absolute Gasteiger partial charge is 0.268 e. The Hall–Kier alpha value is 0.340. The van der Waals surface area contributed by atoms with Gasteiger partial charge in [-0.3, -0.25) is 0 Å². The molecule has 0 aliphatic heterocycles. The molecule has 0 radical (unpaired) electrons. The van der Waals surface area contributed by atoms with Crippen LogP contribution in [0.25, 0.3) is 5.53 Å². The van der Waals surface area contributed by atoms with E-state index in [9.17, 15) is 0 Å². The van der Waals surface area contributed by atoms with E-state index in [2.05, 4.69) is 4.79 Å². The second kappa shape index (κ2) is 9.43. The Balaban J connectivity index is 0. The zero-order valence-electron chi connectivity index (χ0n) is 7.16. The van der Waals surface area contributed by atoms with Gasteiger partial charge in [0.15, 0.2) is 0 Å². The molecule has 0 atom stereocenters. The fraction of sp³-hybridized carbons (Fsp3) is 0.875. The van der Waals surface area contributed by atoms with Gasteiger partial charge in [0.1, 0.15) is 0 Å². The zero-order chi connectivity index (χ0) is 7.23. The summed E-state index contributed by atoms with van der Waals surface area (Å²) in [6.45, 7) is 0. The van der Waals surface area contributed by atoms with E-state index in [1.54, 1.807) is 0 Å². The maximum atomic E-state index is 8.50. The van der Waals surface area contributed by atoms with Crippen LogP contribution in [0, 0.1) is 0 Å². The van der Waals surface area contributed by atoms with Gasteiger partial charge >= 0.3 is 0 Å². The molecule has 0 spiro atoms. The van der Waals surface area contributed by atoms with Crippen molar-refractivity contribution in [1.82, 2.24) is 0 Å². The standard InChI is InChI=1S/C8H14N2.2BrH/c9-10-8-6-4-2-1-3-5-7-8;;/h1-7H2;2*1H. The number of nitrogens with zero attached hydrogens (tertiary/aromatic N) is 2. The van der Waals surface area contributed by atoms with Crippen molar-refractivity contribution in [2.45, 2.75) is 44.9 Å². The molecule has 12 heavy (non-hydrogen) atoms. The molecule has 0 aromatic carbocycles. The minimum atomic E-state index is 0. The third-order valence-corrected chi connectivity index (χ3v) is 2.07. The summed E-state index contributed by atoms with van der Waals surface area (Å²) in [5, 5.41) is 0. The number of rotatable bonds is 0. The van der Waals surface area contributed by atoms with Crippen LogP contribution in [0.15, 0.2) is 0 Å². The molecule has 1 saturated carbocycles. The fourth-order valence-electron chi connectivity index (χ4n) is 1.41. The van der Waals surface area contributed by atoms with Crippen molar-refractivity contribution in [2.24, 2.45) is 0 Å². The lowest BCUT2D eigenvalue weighted by atomic mass is 9.99. The van der Waals surface area contributed by atoms with Crippen LogP contribution in [-0.4, -0.2) is 10.5 Å². The van der Waals surface area contributed by atoms with Crippen molar-refractivity contribution < 1.29 is 4.79 Å². The molecule has 0 unspecified atom stereocenters. The summed E-state index contributed by atoms with van der Waals surface area (Å²) in [6, 6.07) is 0. The zero-order valence-corrected chi connectivity index (χ0v) is 10.6. The number of halogens is 2. The molecule has 0 saturated heterocycles. The Bertz CT molecular complexity index is 143. The molecular formula is C8H16Br2N2. The molecule has 2 nitrogen and oxygen atoms in total. The van der Waals surface area contributed by atoms with Gasteiger partial charge in [-0.25, -0.2) is 0 Å². The Morgan fingerprint density at radius 3 is 1.67 bits per heavy atom. The molecule has 4 heteroatoms. The molecule has 0 amide bonds. The lowest BCUT2D eigenvalue weighted by Gasteiger charge is -2.03. The maximum absolute atomic E-state index is 8.50. The highest BCUT2D eigenvalue weighted by Crippen LogP contribution is 2.13. The van der Waals surface area contributed by atoms with Crippen molar-refractivity contribution >= 4 is 39.7 Å². The summed E-state index contributed by atoms with van der Waals surface area (Å²) in [6.07, 6.45) is 8.41. The number of hydrogen-bond acceptors (Lipinski definition) is 0. The maximum Gasteiger partial charge on any atom is 0.268 e. The normalized spacial score (nSPS) is 17.5. The van der Waals surface area contributed by atoms with Gasteiger partial charge in [0.2, 0.25) is 0 Å². The summed E-state index contributed by atoms with van der Waals surface area (Å²) in [5.74, 6) is 0. The summed E-state index contributed by atoms with van der Waals surface area (Å²) >= 11 is 0. The van der Waals surface area contributed by atoms with Crippen molar-refractivity contribution in [3.8, 4) is 0 Å². The second-order valence-electron chi connectivity index (χ2n) is 2.93. The van der Waals surface area contributed by atoms with E-state index in [1.807, 2.05) is 0 Å². The average molecular weight is 300 g/mol. The van der Waals surface area contributed by atoms with Crippen molar-refractivity contribution in [3.63, 3.8) is 0 Å². The van der Waals surface area contributed by atoms with Gasteiger partial charge in [-0.15, -0.1) is 34.0 Å². The van der Waals surface area contributed by atoms with E-state index in [1.165, 1.54) is 32.1 Å². The van der Waals surface area contributed by atoms with E-state index < -0.39 is 0 Å². The lowest BCUT2D eigenvalue weighted by Crippen LogP contribution is -2.02. The average Bonchev–Trinajstić information content (AvgIpc) is 1.87. The van der Waals surface area contributed by atoms with Gasteiger partial charge < -0.3 is 5.53 Å². The van der Waals surface area contributed by atoms with Gasteiger partial charge in [-0.05, 0) is 12.8 Å². The summed E-state index contributed by atoms with van der Waals surface area (Å²) in [4.78, 5) is 3.27. The summed E-state index contributed by atoms with van der Waals surface area (Å²) in [5.41, 5.74) is 9.50. The summed E-state index contributed by atoms with van der Waals surface area (Å²) in [7, 11) is 0. The predicted molar refractivity (Wildman–Crippen MR) is 61.6 cm³/mol. The third-order valence-electron chi connectivity index (χ3n) is 2.07. The molecule has 0 bridgehead atoms. The molecule has 0 aromatic rings. The van der Waals surface area contributed by atoms with Crippen LogP contribution in [-0.2, 0) is 0 Å². The van der Waals surface area contributed by atoms with Gasteiger partial charge in [-0.1, -0.05) is 19.3 Å². The molecule has 72 valence electrons. The highest BCUT2D eigenvalue weighted by atomic mass is 79.9. The van der Waals surface area contributed by atoms with Gasteiger partial charge in [-0.2, -0.15) is 4.79 Å². The molecule has 0 N–H and O–H groups in total. The Kier molecular flexibility index (Phi) is 11.7. The largest absolute Gasteiger partial charge is 0.362 e. The Morgan fingerprint density at radius 2 is 1.25 bits per heavy atom. The van der Waals surface area contributed by atoms with Crippen LogP contribution in [0.4, 0.5) is 0 Å². The minimum absolute atomic E-state index is 0. The molecule has 1 aliphatic rings. The lowest BCUT2D eigenvalue weighted by molar-refractivity contribution is -0.0121. The van der Waals surface area contributed by atoms with Crippen LogP contribution in [0.1, 0.15) is 44.9 Å². The first kappa shape index (κ1) is 14.8. The van der Waals surface area contributed by atoms with Crippen molar-refractivity contribution in [1.29, 1.82) is 0 Å². The molecule has 1 rings (SSSR count). The first-order valence-corrected chi connectivity index (χ1v) is 4.13. The highest BCUT2D eigenvalue weighted by molar-refractivity contribution is 8.93. The van der Waals surface area contributed by atoms with Crippen LogP contribution in [0.5, 0.6) is 0 Å². The first-order chi connectivity index (χ1) is 4.93. The van der Waals surface area contributed by atoms with Crippen LogP contribution >= 0.6 is 34.0 Å². The molecular weight excluding hydrogens is 284 g/mol. The Labute approximate surface area is 94.9 Å². The van der Waals surface area contributed by atoms with Crippen molar-refractivity contribution in [3.05, 3.63) is 5.53 Å². The van der Waals surface area contributed by atoms with Crippen LogP contribution in [0.2, 0.25) is 0 Å². The second-order valence-corrected chi connectivity index (χ2v) is 2.93. The topological polar surface area (TPSA) is 36.4 Å². The molecule has 0 aromatic heterocycles. The molecule has 1 fully saturated rings. The van der Waals surface area contributed by atoms with Crippen LogP contribution < -0.4 is 0 Å². The molecule has 0 heterocycles. The number of hydrogen-bond donors (Lipinski definition) is 0. The SMILES string of the molecule is Br.Br.[N-]=[N+]=C1CCCCCCC1. The van der Waals surface area contributed by atoms with Crippen molar-refractivity contribution in [2.75, 3.05) is 0 Å². The monoisotopic (exact) mass is 298 g/mol. The summed E-state index contributed by atoms with van der Waals surface area (Å²) < 4.78 is 0. The quantitative estimate of drug-likeness (QED) is 0.484. The van der Waals surface area contributed by atoms with E-state index in [0.29, 0.717) is 0 Å². The highest BCUT2D eigenvalue weighted by Gasteiger charge is 2.09.